The van der Waals surface area contributed by atoms with E-state index in [1.54, 1.807) is 6.07 Å². The molecule has 31 heavy (non-hydrogen) atoms. The van der Waals surface area contributed by atoms with Crippen LogP contribution in [0.25, 0.3) is 11.4 Å². The average Bonchev–Trinajstić information content (AvgIpc) is 3.16. The summed E-state index contributed by atoms with van der Waals surface area (Å²) in [5, 5.41) is 3.95. The van der Waals surface area contributed by atoms with Crippen LogP contribution in [0.3, 0.4) is 0 Å². The molecule has 164 valence electrons. The summed E-state index contributed by atoms with van der Waals surface area (Å²) in [6, 6.07) is 13.4. The molecule has 0 aliphatic heterocycles. The molecule has 1 amide bonds. The monoisotopic (exact) mass is 446 g/mol. The molecule has 0 spiro atoms. The van der Waals surface area contributed by atoms with Crippen molar-refractivity contribution in [2.45, 2.75) is 20.0 Å². The first-order chi connectivity index (χ1) is 14.6. The number of rotatable bonds is 8. The number of amides is 1. The van der Waals surface area contributed by atoms with Gasteiger partial charge in [0.25, 0.3) is 0 Å². The molecule has 1 heterocycles. The zero-order valence-electron chi connectivity index (χ0n) is 17.4. The topological polar surface area (TPSA) is 96.6 Å². The molecule has 3 rings (SSSR count). The summed E-state index contributed by atoms with van der Waals surface area (Å²) >= 11 is 0. The molecular weight excluding hydrogens is 423 g/mol. The molecule has 0 radical (unpaired) electrons. The Labute approximate surface area is 180 Å². The number of hydrogen-bond acceptors (Lipinski definition) is 6. The van der Waals surface area contributed by atoms with Gasteiger partial charge in [0.05, 0.1) is 19.3 Å². The summed E-state index contributed by atoms with van der Waals surface area (Å²) in [7, 11) is -2.25. The van der Waals surface area contributed by atoms with Crippen molar-refractivity contribution in [1.82, 2.24) is 19.3 Å². The SMILES string of the molecule is Cc1ccccc1-c1noc(CN(C)C(=O)CN(Cc2ccccc2F)S(C)(=O)=O)n1. The smallest absolute Gasteiger partial charge is 0.246 e. The van der Waals surface area contributed by atoms with E-state index < -0.39 is 28.3 Å². The molecule has 3 aromatic rings. The Morgan fingerprint density at radius 1 is 1.10 bits per heavy atom. The van der Waals surface area contributed by atoms with Crippen LogP contribution in [0, 0.1) is 12.7 Å². The molecule has 0 saturated carbocycles. The standard InChI is InChI=1S/C21H23FN4O4S/c1-15-8-4-6-10-17(15)21-23-19(30-24-21)13-25(2)20(27)14-26(31(3,28)29)12-16-9-5-7-11-18(16)22/h4-11H,12-14H2,1-3H3. The van der Waals surface area contributed by atoms with Gasteiger partial charge in [0.15, 0.2) is 0 Å². The molecule has 0 atom stereocenters. The van der Waals surface area contributed by atoms with Crippen LogP contribution in [0.15, 0.2) is 53.1 Å². The van der Waals surface area contributed by atoms with Gasteiger partial charge in [0.1, 0.15) is 5.82 Å². The number of likely N-dealkylation sites (N-methyl/N-ethyl adjacent to an activating group) is 1. The third-order valence-corrected chi connectivity index (χ3v) is 5.93. The van der Waals surface area contributed by atoms with Gasteiger partial charge in [-0.3, -0.25) is 4.79 Å². The van der Waals surface area contributed by atoms with Gasteiger partial charge in [0, 0.05) is 24.7 Å². The van der Waals surface area contributed by atoms with Gasteiger partial charge in [-0.2, -0.15) is 9.29 Å². The molecule has 10 heteroatoms. The number of aryl methyl sites for hydroxylation is 1. The predicted molar refractivity (Wildman–Crippen MR) is 113 cm³/mol. The lowest BCUT2D eigenvalue weighted by molar-refractivity contribution is -0.131. The maximum absolute atomic E-state index is 13.9. The number of aromatic nitrogens is 2. The summed E-state index contributed by atoms with van der Waals surface area (Å²) in [6.07, 6.45) is 0.980. The van der Waals surface area contributed by atoms with Gasteiger partial charge in [-0.15, -0.1) is 0 Å². The van der Waals surface area contributed by atoms with Crippen LogP contribution in [-0.2, 0) is 27.9 Å². The fourth-order valence-electron chi connectivity index (χ4n) is 2.92. The second-order valence-electron chi connectivity index (χ2n) is 7.20. The maximum Gasteiger partial charge on any atom is 0.246 e. The van der Waals surface area contributed by atoms with Gasteiger partial charge >= 0.3 is 0 Å². The van der Waals surface area contributed by atoms with Crippen molar-refractivity contribution < 1.29 is 22.1 Å². The number of sulfonamides is 1. The van der Waals surface area contributed by atoms with Crippen LogP contribution in [-0.4, -0.2) is 53.5 Å². The highest BCUT2D eigenvalue weighted by atomic mass is 32.2. The highest BCUT2D eigenvalue weighted by molar-refractivity contribution is 7.88. The Balaban J connectivity index is 1.69. The van der Waals surface area contributed by atoms with Crippen molar-refractivity contribution in [3.05, 3.63) is 71.4 Å². The van der Waals surface area contributed by atoms with Crippen molar-refractivity contribution in [2.75, 3.05) is 19.8 Å². The number of benzene rings is 2. The maximum atomic E-state index is 13.9. The van der Waals surface area contributed by atoms with Gasteiger partial charge in [-0.25, -0.2) is 12.8 Å². The highest BCUT2D eigenvalue weighted by Crippen LogP contribution is 2.20. The average molecular weight is 447 g/mol. The molecule has 0 unspecified atom stereocenters. The Hall–Kier alpha value is -3.11. The molecule has 0 saturated heterocycles. The Morgan fingerprint density at radius 2 is 1.77 bits per heavy atom. The van der Waals surface area contributed by atoms with Gasteiger partial charge < -0.3 is 9.42 Å². The summed E-state index contributed by atoms with van der Waals surface area (Å²) in [5.74, 6) is -0.399. The second-order valence-corrected chi connectivity index (χ2v) is 9.18. The summed E-state index contributed by atoms with van der Waals surface area (Å²) < 4.78 is 44.4. The third kappa shape index (κ3) is 5.74. The fraction of sp³-hybridized carbons (Fsp3) is 0.286. The molecule has 2 aromatic carbocycles. The lowest BCUT2D eigenvalue weighted by Gasteiger charge is -2.23. The lowest BCUT2D eigenvalue weighted by atomic mass is 10.1. The van der Waals surface area contributed by atoms with Crippen molar-refractivity contribution in [3.63, 3.8) is 0 Å². The minimum atomic E-state index is -3.75. The molecule has 0 aliphatic carbocycles. The first-order valence-electron chi connectivity index (χ1n) is 9.46. The van der Waals surface area contributed by atoms with E-state index in [0.717, 1.165) is 21.7 Å². The van der Waals surface area contributed by atoms with Crippen molar-refractivity contribution in [2.24, 2.45) is 0 Å². The summed E-state index contributed by atoms with van der Waals surface area (Å²) in [4.78, 5) is 18.3. The number of halogens is 1. The number of hydrogen-bond donors (Lipinski definition) is 0. The van der Waals surface area contributed by atoms with E-state index in [2.05, 4.69) is 10.1 Å². The molecule has 1 aromatic heterocycles. The molecule has 8 nitrogen and oxygen atoms in total. The first kappa shape index (κ1) is 22.6. The zero-order chi connectivity index (χ0) is 22.6. The number of carbonyl (C=O) groups is 1. The zero-order valence-corrected chi connectivity index (χ0v) is 18.3. The van der Waals surface area contributed by atoms with E-state index in [-0.39, 0.29) is 24.5 Å². The second kappa shape index (κ2) is 9.36. The Bertz CT molecular complexity index is 1180. The van der Waals surface area contributed by atoms with E-state index in [4.69, 9.17) is 4.52 Å². The van der Waals surface area contributed by atoms with E-state index >= 15 is 0 Å². The number of carbonyl (C=O) groups excluding carboxylic acids is 1. The Kier molecular flexibility index (Phi) is 6.81. The van der Waals surface area contributed by atoms with Crippen LogP contribution in [0.1, 0.15) is 17.0 Å². The van der Waals surface area contributed by atoms with E-state index in [9.17, 15) is 17.6 Å². The van der Waals surface area contributed by atoms with Gasteiger partial charge in [-0.05, 0) is 18.6 Å². The van der Waals surface area contributed by atoms with E-state index in [1.807, 2.05) is 31.2 Å². The van der Waals surface area contributed by atoms with Crippen molar-refractivity contribution in [3.8, 4) is 11.4 Å². The van der Waals surface area contributed by atoms with E-state index in [1.165, 1.54) is 30.1 Å². The van der Waals surface area contributed by atoms with Crippen LogP contribution in [0.2, 0.25) is 0 Å². The van der Waals surface area contributed by atoms with Crippen LogP contribution in [0.5, 0.6) is 0 Å². The van der Waals surface area contributed by atoms with Crippen LogP contribution in [0.4, 0.5) is 4.39 Å². The van der Waals surface area contributed by atoms with Crippen molar-refractivity contribution >= 4 is 15.9 Å². The van der Waals surface area contributed by atoms with Gasteiger partial charge in [-0.1, -0.05) is 47.6 Å². The number of nitrogens with zero attached hydrogens (tertiary/aromatic N) is 4. The first-order valence-corrected chi connectivity index (χ1v) is 11.3. The van der Waals surface area contributed by atoms with Crippen LogP contribution < -0.4 is 0 Å². The van der Waals surface area contributed by atoms with E-state index in [0.29, 0.717) is 5.82 Å². The quantitative estimate of drug-likeness (QED) is 0.528. The fourth-order valence-corrected chi connectivity index (χ4v) is 3.64. The normalized spacial score (nSPS) is 11.6. The molecule has 0 fully saturated rings. The predicted octanol–water partition coefficient (Wildman–Crippen LogP) is 2.60. The molecule has 0 bridgehead atoms. The largest absolute Gasteiger partial charge is 0.337 e. The highest BCUT2D eigenvalue weighted by Gasteiger charge is 2.24. The Morgan fingerprint density at radius 3 is 2.45 bits per heavy atom. The summed E-state index contributed by atoms with van der Waals surface area (Å²) in [5.41, 5.74) is 1.99. The molecular formula is C21H23FN4O4S. The summed E-state index contributed by atoms with van der Waals surface area (Å²) in [6.45, 7) is 1.25. The molecule has 0 N–H and O–H groups in total. The lowest BCUT2D eigenvalue weighted by Crippen LogP contribution is -2.40. The minimum Gasteiger partial charge on any atom is -0.337 e. The minimum absolute atomic E-state index is 0.00894. The van der Waals surface area contributed by atoms with Crippen molar-refractivity contribution in [1.29, 1.82) is 0 Å². The van der Waals surface area contributed by atoms with Gasteiger partial charge in [0.2, 0.25) is 27.6 Å². The van der Waals surface area contributed by atoms with Crippen LogP contribution >= 0.6 is 0 Å². The molecule has 0 aliphatic rings. The third-order valence-electron chi connectivity index (χ3n) is 4.74.